The fraction of sp³-hybridized carbons (Fsp3) is 0.833. The van der Waals surface area contributed by atoms with Crippen molar-refractivity contribution in [2.24, 2.45) is 11.7 Å². The molecule has 7 nitrogen and oxygen atoms in total. The van der Waals surface area contributed by atoms with Crippen molar-refractivity contribution in [3.8, 4) is 0 Å². The number of aliphatic hydroxyl groups is 3. The number of carbonyl (C=O) groups excluding carboxylic acids is 1. The van der Waals surface area contributed by atoms with Crippen LogP contribution in [-0.4, -0.2) is 65.0 Å². The van der Waals surface area contributed by atoms with E-state index < -0.39 is 42.3 Å². The van der Waals surface area contributed by atoms with Crippen molar-refractivity contribution in [2.75, 3.05) is 13.2 Å². The molecule has 19 heavy (non-hydrogen) atoms. The van der Waals surface area contributed by atoms with Crippen molar-refractivity contribution < 1.29 is 29.6 Å². The number of ether oxygens (including phenoxy) is 2. The molecule has 0 aliphatic carbocycles. The van der Waals surface area contributed by atoms with Gasteiger partial charge < -0.3 is 30.5 Å². The SMILES string of the molecule is CCOCC1OC([CH]C(C)C(N)=O)C(O)C(O)C1O. The molecule has 0 bridgehead atoms. The number of carbonyl (C=O) groups is 1. The first-order valence-electron chi connectivity index (χ1n) is 6.30. The first-order valence-corrected chi connectivity index (χ1v) is 6.30. The van der Waals surface area contributed by atoms with E-state index in [1.807, 2.05) is 0 Å². The fourth-order valence-corrected chi connectivity index (χ4v) is 1.89. The molecule has 7 heteroatoms. The first kappa shape index (κ1) is 16.3. The minimum absolute atomic E-state index is 0.0940. The molecule has 1 aliphatic heterocycles. The molecule has 1 fully saturated rings. The van der Waals surface area contributed by atoms with E-state index in [1.165, 1.54) is 6.42 Å². The van der Waals surface area contributed by atoms with Crippen molar-refractivity contribution in [3.05, 3.63) is 6.42 Å². The summed E-state index contributed by atoms with van der Waals surface area (Å²) in [4.78, 5) is 11.0. The van der Waals surface area contributed by atoms with Gasteiger partial charge >= 0.3 is 0 Å². The van der Waals surface area contributed by atoms with Gasteiger partial charge in [0.05, 0.1) is 12.7 Å². The van der Waals surface area contributed by atoms with Crippen LogP contribution in [0.25, 0.3) is 0 Å². The summed E-state index contributed by atoms with van der Waals surface area (Å²) in [5, 5.41) is 29.4. The monoisotopic (exact) mass is 276 g/mol. The largest absolute Gasteiger partial charge is 0.388 e. The summed E-state index contributed by atoms with van der Waals surface area (Å²) in [7, 11) is 0. The minimum Gasteiger partial charge on any atom is -0.388 e. The predicted molar refractivity (Wildman–Crippen MR) is 65.8 cm³/mol. The molecule has 1 heterocycles. The Morgan fingerprint density at radius 2 is 2.00 bits per heavy atom. The fourth-order valence-electron chi connectivity index (χ4n) is 1.89. The Morgan fingerprint density at radius 1 is 1.37 bits per heavy atom. The van der Waals surface area contributed by atoms with Gasteiger partial charge in [-0.3, -0.25) is 4.79 Å². The highest BCUT2D eigenvalue weighted by molar-refractivity contribution is 5.77. The maximum Gasteiger partial charge on any atom is 0.220 e. The van der Waals surface area contributed by atoms with Gasteiger partial charge in [0.15, 0.2) is 0 Å². The number of rotatable bonds is 6. The van der Waals surface area contributed by atoms with Crippen LogP contribution in [0.3, 0.4) is 0 Å². The lowest BCUT2D eigenvalue weighted by Gasteiger charge is -2.41. The predicted octanol–water partition coefficient (Wildman–Crippen LogP) is -1.80. The van der Waals surface area contributed by atoms with Gasteiger partial charge in [-0.15, -0.1) is 0 Å². The Bertz CT molecular complexity index is 300. The van der Waals surface area contributed by atoms with E-state index in [-0.39, 0.29) is 6.61 Å². The Labute approximate surface area is 112 Å². The van der Waals surface area contributed by atoms with Crippen molar-refractivity contribution in [1.29, 1.82) is 0 Å². The van der Waals surface area contributed by atoms with Gasteiger partial charge in [-0.25, -0.2) is 0 Å². The van der Waals surface area contributed by atoms with Crippen LogP contribution in [0, 0.1) is 12.3 Å². The zero-order valence-electron chi connectivity index (χ0n) is 11.1. The molecule has 6 unspecified atom stereocenters. The van der Waals surface area contributed by atoms with Crippen molar-refractivity contribution >= 4 is 5.91 Å². The summed E-state index contributed by atoms with van der Waals surface area (Å²) in [5.41, 5.74) is 5.13. The summed E-state index contributed by atoms with van der Waals surface area (Å²) in [6.07, 6.45) is -4.14. The Morgan fingerprint density at radius 3 is 2.53 bits per heavy atom. The van der Waals surface area contributed by atoms with E-state index in [4.69, 9.17) is 15.2 Å². The lowest BCUT2D eigenvalue weighted by Crippen LogP contribution is -2.59. The number of hydrogen-bond acceptors (Lipinski definition) is 6. The third-order valence-corrected chi connectivity index (χ3v) is 3.16. The van der Waals surface area contributed by atoms with Crippen LogP contribution in [-0.2, 0) is 14.3 Å². The Balaban J connectivity index is 2.67. The molecular formula is C12H22NO6. The van der Waals surface area contributed by atoms with Crippen molar-refractivity contribution in [1.82, 2.24) is 0 Å². The van der Waals surface area contributed by atoms with E-state index in [1.54, 1.807) is 13.8 Å². The zero-order chi connectivity index (χ0) is 14.6. The molecule has 111 valence electrons. The maximum atomic E-state index is 11.0. The molecule has 0 spiro atoms. The number of amides is 1. The molecule has 1 radical (unpaired) electrons. The summed E-state index contributed by atoms with van der Waals surface area (Å²) in [6.45, 7) is 3.89. The molecule has 5 N–H and O–H groups in total. The van der Waals surface area contributed by atoms with Crippen LogP contribution in [0.15, 0.2) is 0 Å². The van der Waals surface area contributed by atoms with E-state index in [0.717, 1.165) is 0 Å². The van der Waals surface area contributed by atoms with E-state index in [0.29, 0.717) is 6.61 Å². The summed E-state index contributed by atoms with van der Waals surface area (Å²) < 4.78 is 10.6. The van der Waals surface area contributed by atoms with Crippen molar-refractivity contribution in [2.45, 2.75) is 44.4 Å². The number of hydrogen-bond donors (Lipinski definition) is 4. The maximum absolute atomic E-state index is 11.0. The minimum atomic E-state index is -1.36. The second kappa shape index (κ2) is 7.16. The number of aliphatic hydroxyl groups excluding tert-OH is 3. The van der Waals surface area contributed by atoms with Gasteiger partial charge in [-0.2, -0.15) is 0 Å². The second-order valence-corrected chi connectivity index (χ2v) is 4.65. The summed E-state index contributed by atoms with van der Waals surface area (Å²) >= 11 is 0. The van der Waals surface area contributed by atoms with Gasteiger partial charge in [0.25, 0.3) is 0 Å². The van der Waals surface area contributed by atoms with Crippen LogP contribution in [0.5, 0.6) is 0 Å². The molecule has 1 amide bonds. The van der Waals surface area contributed by atoms with Gasteiger partial charge in [0, 0.05) is 18.9 Å². The highest BCUT2D eigenvalue weighted by Gasteiger charge is 2.44. The number of primary amides is 1. The molecule has 0 saturated carbocycles. The van der Waals surface area contributed by atoms with Gasteiger partial charge in [0.1, 0.15) is 24.4 Å². The summed E-state index contributed by atoms with van der Waals surface area (Å²) in [6, 6.07) is 0. The normalized spacial score (nSPS) is 37.0. The average Bonchev–Trinajstić information content (AvgIpc) is 2.37. The molecule has 1 rings (SSSR count). The quantitative estimate of drug-likeness (QED) is 0.454. The standard InChI is InChI=1S/C12H22NO6/c1-3-18-5-8-10(15)11(16)9(14)7(19-8)4-6(2)12(13)17/h4,6-11,14-16H,3,5H2,1-2H3,(H2,13,17). The Kier molecular flexibility index (Phi) is 6.15. The second-order valence-electron chi connectivity index (χ2n) is 4.65. The highest BCUT2D eigenvalue weighted by atomic mass is 16.6. The van der Waals surface area contributed by atoms with Gasteiger partial charge in [0.2, 0.25) is 5.91 Å². The van der Waals surface area contributed by atoms with Gasteiger partial charge in [-0.1, -0.05) is 6.92 Å². The van der Waals surface area contributed by atoms with Crippen LogP contribution in [0.2, 0.25) is 0 Å². The Hall–Kier alpha value is -0.730. The average molecular weight is 276 g/mol. The van der Waals surface area contributed by atoms with Crippen LogP contribution < -0.4 is 5.73 Å². The van der Waals surface area contributed by atoms with Crippen LogP contribution >= 0.6 is 0 Å². The third-order valence-electron chi connectivity index (χ3n) is 3.16. The molecular weight excluding hydrogens is 254 g/mol. The highest BCUT2D eigenvalue weighted by Crippen LogP contribution is 2.25. The third kappa shape index (κ3) is 4.12. The van der Waals surface area contributed by atoms with Crippen LogP contribution in [0.4, 0.5) is 0 Å². The van der Waals surface area contributed by atoms with E-state index in [2.05, 4.69) is 0 Å². The zero-order valence-corrected chi connectivity index (χ0v) is 11.1. The van der Waals surface area contributed by atoms with E-state index in [9.17, 15) is 20.1 Å². The molecule has 1 aliphatic rings. The molecule has 6 atom stereocenters. The van der Waals surface area contributed by atoms with Gasteiger partial charge in [-0.05, 0) is 6.92 Å². The lowest BCUT2D eigenvalue weighted by molar-refractivity contribution is -0.225. The first-order chi connectivity index (χ1) is 8.88. The molecule has 0 aromatic carbocycles. The summed E-state index contributed by atoms with van der Waals surface area (Å²) in [5.74, 6) is -1.17. The molecule has 1 saturated heterocycles. The lowest BCUT2D eigenvalue weighted by atomic mass is 9.90. The number of nitrogens with two attached hydrogens (primary N) is 1. The molecule has 0 aromatic heterocycles. The van der Waals surface area contributed by atoms with Crippen LogP contribution in [0.1, 0.15) is 13.8 Å². The molecule has 0 aromatic rings. The van der Waals surface area contributed by atoms with Crippen molar-refractivity contribution in [3.63, 3.8) is 0 Å². The smallest absolute Gasteiger partial charge is 0.220 e. The van der Waals surface area contributed by atoms with E-state index >= 15 is 0 Å². The topological polar surface area (TPSA) is 122 Å².